The maximum absolute atomic E-state index is 2.47. The molecule has 238 valence electrons. The van der Waals surface area contributed by atoms with Gasteiger partial charge in [0.25, 0.3) is 0 Å². The molecule has 0 saturated heterocycles. The first kappa shape index (κ1) is 28.0. The van der Waals surface area contributed by atoms with Crippen LogP contribution >= 0.6 is 0 Å². The summed E-state index contributed by atoms with van der Waals surface area (Å²) in [6.45, 7) is 0. The van der Waals surface area contributed by atoms with Gasteiger partial charge in [0.1, 0.15) is 0 Å². The first-order valence-corrected chi connectivity index (χ1v) is 17.5. The molecule has 0 radical (unpaired) electrons. The minimum absolute atomic E-state index is 1.15. The average Bonchev–Trinajstić information content (AvgIpc) is 3.83. The van der Waals surface area contributed by atoms with Crippen LogP contribution in [-0.4, -0.2) is 13.7 Å². The molecule has 0 N–H and O–H groups in total. The fourth-order valence-electron chi connectivity index (χ4n) is 8.53. The van der Waals surface area contributed by atoms with Gasteiger partial charge >= 0.3 is 0 Å². The highest BCUT2D eigenvalue weighted by Crippen LogP contribution is 2.41. The van der Waals surface area contributed by atoms with Crippen LogP contribution in [0.4, 0.5) is 0 Å². The predicted octanol–water partition coefficient (Wildman–Crippen LogP) is 12.6. The van der Waals surface area contributed by atoms with Crippen molar-refractivity contribution in [2.75, 3.05) is 0 Å². The molecule has 0 amide bonds. The van der Waals surface area contributed by atoms with Gasteiger partial charge in [-0.25, -0.2) is 0 Å². The van der Waals surface area contributed by atoms with E-state index in [2.05, 4.69) is 202 Å². The van der Waals surface area contributed by atoms with E-state index < -0.39 is 0 Å². The van der Waals surface area contributed by atoms with E-state index in [0.717, 1.165) is 17.1 Å². The van der Waals surface area contributed by atoms with Gasteiger partial charge in [-0.1, -0.05) is 133 Å². The molecule has 3 heterocycles. The Hall–Kier alpha value is -6.84. The number of aromatic nitrogens is 3. The van der Waals surface area contributed by atoms with E-state index in [4.69, 9.17) is 0 Å². The lowest BCUT2D eigenvalue weighted by Crippen LogP contribution is -2.01. The van der Waals surface area contributed by atoms with Gasteiger partial charge in [-0.15, -0.1) is 0 Å². The zero-order valence-corrected chi connectivity index (χ0v) is 27.7. The second-order valence-corrected chi connectivity index (χ2v) is 13.3. The van der Waals surface area contributed by atoms with Crippen molar-refractivity contribution in [3.63, 3.8) is 0 Å². The van der Waals surface area contributed by atoms with Crippen LogP contribution in [0.2, 0.25) is 0 Å². The van der Waals surface area contributed by atoms with Crippen LogP contribution in [0.25, 0.3) is 93.6 Å². The summed E-state index contributed by atoms with van der Waals surface area (Å²) in [5, 5.41) is 7.53. The summed E-state index contributed by atoms with van der Waals surface area (Å²) < 4.78 is 7.32. The molecule has 3 heteroatoms. The van der Waals surface area contributed by atoms with Gasteiger partial charge in [0.15, 0.2) is 0 Å². The normalized spacial score (nSPS) is 11.9. The molecule has 0 aliphatic rings. The number of benzene rings is 8. The van der Waals surface area contributed by atoms with Gasteiger partial charge < -0.3 is 13.7 Å². The molecule has 3 nitrogen and oxygen atoms in total. The molecular weight excluding hydrogens is 619 g/mol. The van der Waals surface area contributed by atoms with E-state index in [-0.39, 0.29) is 0 Å². The number of nitrogens with zero attached hydrogens (tertiary/aromatic N) is 3. The number of hydrogen-bond acceptors (Lipinski definition) is 0. The average molecular weight is 650 g/mol. The SMILES string of the molecule is c1ccc(-n2c3ccccc3c3ccccc32)c(-c2ccccc2-n2c3ccccc3c3ccc(-n4c5ccccc5c5ccccc54)cc32)c1. The quantitative estimate of drug-likeness (QED) is 0.180. The van der Waals surface area contributed by atoms with Gasteiger partial charge in [-0.3, -0.25) is 0 Å². The second kappa shape index (κ2) is 10.8. The van der Waals surface area contributed by atoms with Gasteiger partial charge in [0, 0.05) is 49.1 Å². The minimum Gasteiger partial charge on any atom is -0.309 e. The third-order valence-corrected chi connectivity index (χ3v) is 10.7. The fourth-order valence-corrected chi connectivity index (χ4v) is 8.53. The Morgan fingerprint density at radius 3 is 0.980 bits per heavy atom. The smallest absolute Gasteiger partial charge is 0.0562 e. The summed E-state index contributed by atoms with van der Waals surface area (Å²) in [5.41, 5.74) is 13.0. The Labute approximate surface area is 294 Å². The predicted molar refractivity (Wildman–Crippen MR) is 215 cm³/mol. The molecular formula is C48H31N3. The summed E-state index contributed by atoms with van der Waals surface area (Å²) in [6.07, 6.45) is 0. The molecule has 8 aromatic carbocycles. The molecule has 0 saturated carbocycles. The molecule has 0 bridgehead atoms. The second-order valence-electron chi connectivity index (χ2n) is 13.3. The Bertz CT molecular complexity index is 3040. The summed E-state index contributed by atoms with van der Waals surface area (Å²) in [6, 6.07) is 68.5. The van der Waals surface area contributed by atoms with E-state index in [1.807, 2.05) is 0 Å². The van der Waals surface area contributed by atoms with Crippen molar-refractivity contribution < 1.29 is 0 Å². The highest BCUT2D eigenvalue weighted by molar-refractivity contribution is 6.13. The third-order valence-electron chi connectivity index (χ3n) is 10.7. The lowest BCUT2D eigenvalue weighted by Gasteiger charge is -2.18. The van der Waals surface area contributed by atoms with Crippen molar-refractivity contribution in [2.24, 2.45) is 0 Å². The van der Waals surface area contributed by atoms with Crippen LogP contribution in [-0.2, 0) is 0 Å². The van der Waals surface area contributed by atoms with Crippen LogP contribution < -0.4 is 0 Å². The first-order chi connectivity index (χ1) is 25.3. The highest BCUT2D eigenvalue weighted by Gasteiger charge is 2.20. The number of para-hydroxylation sites is 7. The summed E-state index contributed by atoms with van der Waals surface area (Å²) >= 11 is 0. The topological polar surface area (TPSA) is 14.8 Å². The molecule has 0 aliphatic carbocycles. The molecule has 0 spiro atoms. The number of rotatable bonds is 4. The zero-order chi connectivity index (χ0) is 33.5. The molecule has 51 heavy (non-hydrogen) atoms. The molecule has 0 fully saturated rings. The Balaban J connectivity index is 1.20. The van der Waals surface area contributed by atoms with Gasteiger partial charge in [0.2, 0.25) is 0 Å². The first-order valence-electron chi connectivity index (χ1n) is 17.5. The maximum atomic E-state index is 2.47. The van der Waals surface area contributed by atoms with Crippen molar-refractivity contribution in [1.29, 1.82) is 0 Å². The standard InChI is InChI=1S/C48H31N3/c1-8-22-41-33(15-1)34-16-2-9-23-42(34)49(41)32-29-30-40-39-21-7-14-28-47(39)51(48(40)31-32)46-27-13-6-20-38(46)37-19-5-12-26-45(37)50-43-24-10-3-17-35(43)36-18-4-11-25-44(36)50/h1-31H. The Morgan fingerprint density at radius 2 is 0.549 bits per heavy atom. The van der Waals surface area contributed by atoms with Crippen molar-refractivity contribution in [3.05, 3.63) is 188 Å². The van der Waals surface area contributed by atoms with Crippen LogP contribution in [0, 0.1) is 0 Å². The van der Waals surface area contributed by atoms with E-state index in [0.29, 0.717) is 0 Å². The van der Waals surface area contributed by atoms with E-state index in [9.17, 15) is 0 Å². The van der Waals surface area contributed by atoms with Crippen molar-refractivity contribution in [1.82, 2.24) is 13.7 Å². The summed E-state index contributed by atoms with van der Waals surface area (Å²) in [7, 11) is 0. The molecule has 0 unspecified atom stereocenters. The Kier molecular flexibility index (Phi) is 5.96. The van der Waals surface area contributed by atoms with Crippen molar-refractivity contribution >= 4 is 65.4 Å². The summed E-state index contributed by atoms with van der Waals surface area (Å²) in [4.78, 5) is 0. The molecule has 11 aromatic rings. The van der Waals surface area contributed by atoms with Gasteiger partial charge in [-0.2, -0.15) is 0 Å². The van der Waals surface area contributed by atoms with E-state index >= 15 is 0 Å². The monoisotopic (exact) mass is 649 g/mol. The fraction of sp³-hybridized carbons (Fsp3) is 0. The van der Waals surface area contributed by atoms with Gasteiger partial charge in [-0.05, 0) is 54.6 Å². The molecule has 11 rings (SSSR count). The minimum atomic E-state index is 1.15. The largest absolute Gasteiger partial charge is 0.309 e. The van der Waals surface area contributed by atoms with Crippen LogP contribution in [0.1, 0.15) is 0 Å². The highest BCUT2D eigenvalue weighted by atomic mass is 15.0. The van der Waals surface area contributed by atoms with Crippen molar-refractivity contribution in [3.8, 4) is 28.2 Å². The van der Waals surface area contributed by atoms with Crippen LogP contribution in [0.3, 0.4) is 0 Å². The molecule has 0 aliphatic heterocycles. The van der Waals surface area contributed by atoms with E-state index in [1.165, 1.54) is 76.5 Å². The van der Waals surface area contributed by atoms with Crippen molar-refractivity contribution in [2.45, 2.75) is 0 Å². The molecule has 3 aromatic heterocycles. The third kappa shape index (κ3) is 4.00. The zero-order valence-electron chi connectivity index (χ0n) is 27.7. The Morgan fingerprint density at radius 1 is 0.235 bits per heavy atom. The van der Waals surface area contributed by atoms with Gasteiger partial charge in [0.05, 0.1) is 44.5 Å². The summed E-state index contributed by atoms with van der Waals surface area (Å²) in [5.74, 6) is 0. The maximum Gasteiger partial charge on any atom is 0.0562 e. The van der Waals surface area contributed by atoms with E-state index in [1.54, 1.807) is 0 Å². The number of hydrogen-bond donors (Lipinski definition) is 0. The van der Waals surface area contributed by atoms with Crippen LogP contribution in [0.15, 0.2) is 188 Å². The molecule has 0 atom stereocenters. The van der Waals surface area contributed by atoms with Crippen LogP contribution in [0.5, 0.6) is 0 Å². The lowest BCUT2D eigenvalue weighted by atomic mass is 10.0. The number of fused-ring (bicyclic) bond motifs is 9. The lowest BCUT2D eigenvalue weighted by molar-refractivity contribution is 1.15.